The Bertz CT molecular complexity index is 371. The van der Waals surface area contributed by atoms with Crippen LogP contribution in [0.4, 0.5) is 0 Å². The van der Waals surface area contributed by atoms with Gasteiger partial charge in [0, 0.05) is 13.5 Å². The van der Waals surface area contributed by atoms with Gasteiger partial charge in [-0.25, -0.2) is 4.79 Å². The van der Waals surface area contributed by atoms with Crippen molar-refractivity contribution < 1.29 is 19.4 Å². The summed E-state index contributed by atoms with van der Waals surface area (Å²) in [6.45, 7) is 0.453. The van der Waals surface area contributed by atoms with E-state index < -0.39 is 11.8 Å². The van der Waals surface area contributed by atoms with Gasteiger partial charge in [-0.05, 0) is 11.1 Å². The molecule has 0 aliphatic carbocycles. The number of ketones is 1. The minimum Gasteiger partial charge on any atom is -0.475 e. The molecular weight excluding hydrogens is 196 g/mol. The largest absolute Gasteiger partial charge is 0.475 e. The summed E-state index contributed by atoms with van der Waals surface area (Å²) in [5, 5.41) is 8.44. The molecule has 0 unspecified atom stereocenters. The molecule has 80 valence electrons. The number of methoxy groups -OCH3 is 1. The van der Waals surface area contributed by atoms with Gasteiger partial charge in [-0.1, -0.05) is 24.3 Å². The van der Waals surface area contributed by atoms with Gasteiger partial charge in [0.15, 0.2) is 0 Å². The number of ether oxygens (including phenoxy) is 1. The molecular formula is C11H12O4. The number of benzene rings is 1. The Balaban J connectivity index is 2.73. The molecule has 0 saturated carbocycles. The van der Waals surface area contributed by atoms with Crippen LogP contribution in [0.25, 0.3) is 0 Å². The lowest BCUT2D eigenvalue weighted by Gasteiger charge is -2.02. The topological polar surface area (TPSA) is 63.6 Å². The van der Waals surface area contributed by atoms with Gasteiger partial charge in [-0.15, -0.1) is 0 Å². The lowest BCUT2D eigenvalue weighted by molar-refractivity contribution is -0.148. The van der Waals surface area contributed by atoms with Crippen molar-refractivity contribution in [3.8, 4) is 0 Å². The van der Waals surface area contributed by atoms with Crippen LogP contribution >= 0.6 is 0 Å². The van der Waals surface area contributed by atoms with Crippen LogP contribution in [0.1, 0.15) is 11.1 Å². The van der Waals surface area contributed by atoms with Crippen molar-refractivity contribution in [2.24, 2.45) is 0 Å². The first-order valence-corrected chi connectivity index (χ1v) is 4.46. The zero-order chi connectivity index (χ0) is 11.3. The lowest BCUT2D eigenvalue weighted by Crippen LogP contribution is -2.15. The Morgan fingerprint density at radius 1 is 1.33 bits per heavy atom. The second kappa shape index (κ2) is 5.26. The second-order valence-corrected chi connectivity index (χ2v) is 3.16. The fraction of sp³-hybridized carbons (Fsp3) is 0.273. The number of carbonyl (C=O) groups is 2. The summed E-state index contributed by atoms with van der Waals surface area (Å²) < 4.78 is 4.93. The quantitative estimate of drug-likeness (QED) is 0.734. The van der Waals surface area contributed by atoms with Crippen LogP contribution in [-0.2, 0) is 27.4 Å². The molecule has 15 heavy (non-hydrogen) atoms. The number of carboxylic acids is 1. The number of hydrogen-bond donors (Lipinski definition) is 1. The third-order valence-electron chi connectivity index (χ3n) is 1.91. The standard InChI is InChI=1S/C11H12O4/c1-15-7-9-4-2-3-8(5-9)6-10(12)11(13)14/h2-5H,6-7H2,1H3,(H,13,14). The van der Waals surface area contributed by atoms with E-state index in [2.05, 4.69) is 0 Å². The lowest BCUT2D eigenvalue weighted by atomic mass is 10.1. The number of aliphatic carboxylic acids is 1. The molecule has 4 heteroatoms. The first kappa shape index (κ1) is 11.4. The highest BCUT2D eigenvalue weighted by atomic mass is 16.5. The molecule has 4 nitrogen and oxygen atoms in total. The normalized spacial score (nSPS) is 9.93. The molecule has 1 aromatic rings. The molecule has 0 aliphatic rings. The van der Waals surface area contributed by atoms with E-state index in [9.17, 15) is 9.59 Å². The molecule has 0 radical (unpaired) electrons. The number of rotatable bonds is 5. The average Bonchev–Trinajstić information content (AvgIpc) is 2.18. The van der Waals surface area contributed by atoms with Gasteiger partial charge >= 0.3 is 5.97 Å². The van der Waals surface area contributed by atoms with Crippen LogP contribution in [0.5, 0.6) is 0 Å². The van der Waals surface area contributed by atoms with Crippen LogP contribution in [0.3, 0.4) is 0 Å². The first-order valence-electron chi connectivity index (χ1n) is 4.46. The molecule has 1 aromatic carbocycles. The molecule has 0 aromatic heterocycles. The number of hydrogen-bond acceptors (Lipinski definition) is 3. The monoisotopic (exact) mass is 208 g/mol. The van der Waals surface area contributed by atoms with Gasteiger partial charge in [0.05, 0.1) is 6.61 Å². The van der Waals surface area contributed by atoms with E-state index >= 15 is 0 Å². The molecule has 0 saturated heterocycles. The maximum absolute atomic E-state index is 11.0. The summed E-state index contributed by atoms with van der Waals surface area (Å²) in [6.07, 6.45) is -0.0765. The molecule has 0 bridgehead atoms. The van der Waals surface area contributed by atoms with E-state index in [1.807, 2.05) is 6.07 Å². The van der Waals surface area contributed by atoms with Crippen LogP contribution in [0.15, 0.2) is 24.3 Å². The van der Waals surface area contributed by atoms with Crippen molar-refractivity contribution in [2.75, 3.05) is 7.11 Å². The minimum absolute atomic E-state index is 0.0765. The molecule has 1 N–H and O–H groups in total. The molecule has 0 fully saturated rings. The van der Waals surface area contributed by atoms with Gasteiger partial charge in [-0.3, -0.25) is 4.79 Å². The Morgan fingerprint density at radius 3 is 2.60 bits per heavy atom. The van der Waals surface area contributed by atoms with Crippen molar-refractivity contribution >= 4 is 11.8 Å². The predicted octanol–water partition coefficient (Wildman–Crippen LogP) is 1.03. The van der Waals surface area contributed by atoms with Crippen molar-refractivity contribution in [2.45, 2.75) is 13.0 Å². The molecule has 0 heterocycles. The molecule has 1 rings (SSSR count). The van der Waals surface area contributed by atoms with Crippen LogP contribution < -0.4 is 0 Å². The fourth-order valence-corrected chi connectivity index (χ4v) is 1.26. The molecule has 0 aliphatic heterocycles. The molecule has 0 amide bonds. The van der Waals surface area contributed by atoms with E-state index in [-0.39, 0.29) is 6.42 Å². The van der Waals surface area contributed by atoms with E-state index in [0.29, 0.717) is 12.2 Å². The van der Waals surface area contributed by atoms with Crippen molar-refractivity contribution in [1.29, 1.82) is 0 Å². The van der Waals surface area contributed by atoms with Crippen molar-refractivity contribution in [3.63, 3.8) is 0 Å². The maximum Gasteiger partial charge on any atom is 0.372 e. The summed E-state index contributed by atoms with van der Waals surface area (Å²) in [6, 6.07) is 7.13. The Kier molecular flexibility index (Phi) is 4.00. The van der Waals surface area contributed by atoms with Crippen molar-refractivity contribution in [3.05, 3.63) is 35.4 Å². The summed E-state index contributed by atoms with van der Waals surface area (Å²) >= 11 is 0. The third kappa shape index (κ3) is 3.52. The number of carboxylic acid groups (broad SMARTS) is 1. The first-order chi connectivity index (χ1) is 7.13. The molecule has 0 atom stereocenters. The summed E-state index contributed by atoms with van der Waals surface area (Å²) in [4.78, 5) is 21.3. The van der Waals surface area contributed by atoms with E-state index in [1.165, 1.54) is 0 Å². The fourth-order valence-electron chi connectivity index (χ4n) is 1.26. The highest BCUT2D eigenvalue weighted by Crippen LogP contribution is 2.07. The smallest absolute Gasteiger partial charge is 0.372 e. The Morgan fingerprint density at radius 2 is 2.00 bits per heavy atom. The highest BCUT2D eigenvalue weighted by Gasteiger charge is 2.11. The van der Waals surface area contributed by atoms with Crippen LogP contribution in [-0.4, -0.2) is 24.0 Å². The summed E-state index contributed by atoms with van der Waals surface area (Å²) in [5.74, 6) is -2.20. The summed E-state index contributed by atoms with van der Waals surface area (Å²) in [7, 11) is 1.58. The van der Waals surface area contributed by atoms with Gasteiger partial charge in [0.2, 0.25) is 5.78 Å². The zero-order valence-corrected chi connectivity index (χ0v) is 8.40. The van der Waals surface area contributed by atoms with Gasteiger partial charge in [0.25, 0.3) is 0 Å². The van der Waals surface area contributed by atoms with E-state index in [4.69, 9.17) is 9.84 Å². The van der Waals surface area contributed by atoms with E-state index in [0.717, 1.165) is 5.56 Å². The average molecular weight is 208 g/mol. The van der Waals surface area contributed by atoms with E-state index in [1.54, 1.807) is 25.3 Å². The number of Topliss-reactive ketones (excluding diaryl/α,β-unsaturated/α-hetero) is 1. The third-order valence-corrected chi connectivity index (χ3v) is 1.91. The SMILES string of the molecule is COCc1cccc(CC(=O)C(=O)O)c1. The molecule has 0 spiro atoms. The van der Waals surface area contributed by atoms with Crippen molar-refractivity contribution in [1.82, 2.24) is 0 Å². The van der Waals surface area contributed by atoms with Crippen LogP contribution in [0, 0.1) is 0 Å². The minimum atomic E-state index is -1.40. The van der Waals surface area contributed by atoms with Crippen LogP contribution in [0.2, 0.25) is 0 Å². The number of carbonyl (C=O) groups excluding carboxylic acids is 1. The highest BCUT2D eigenvalue weighted by molar-refractivity contribution is 6.33. The zero-order valence-electron chi connectivity index (χ0n) is 8.40. The Hall–Kier alpha value is -1.68. The van der Waals surface area contributed by atoms with Gasteiger partial charge < -0.3 is 9.84 Å². The van der Waals surface area contributed by atoms with Gasteiger partial charge in [-0.2, -0.15) is 0 Å². The van der Waals surface area contributed by atoms with Gasteiger partial charge in [0.1, 0.15) is 0 Å². The summed E-state index contributed by atoms with van der Waals surface area (Å²) in [5.41, 5.74) is 1.62. The second-order valence-electron chi connectivity index (χ2n) is 3.16. The Labute approximate surface area is 87.5 Å². The predicted molar refractivity (Wildman–Crippen MR) is 53.5 cm³/mol. The maximum atomic E-state index is 11.0.